The monoisotopic (exact) mass is 535 g/mol. The lowest BCUT2D eigenvalue weighted by Crippen LogP contribution is -2.60. The molecule has 2 saturated heterocycles. The van der Waals surface area contributed by atoms with Gasteiger partial charge in [-0.2, -0.15) is 0 Å². The van der Waals surface area contributed by atoms with E-state index in [1.54, 1.807) is 0 Å². The maximum absolute atomic E-state index is 11.9. The SMILES string of the molecule is CCOC(=O)N1CCC(NC(=NC)NCC2(N3CCCCC3)CCCCC2)CC1.I. The number of nitrogens with one attached hydrogen (secondary N) is 2. The number of guanidine groups is 1. The van der Waals surface area contributed by atoms with Crippen LogP contribution in [0, 0.1) is 0 Å². The molecule has 0 bridgehead atoms. The summed E-state index contributed by atoms with van der Waals surface area (Å²) in [6.45, 7) is 7.25. The van der Waals surface area contributed by atoms with E-state index in [0.717, 1.165) is 38.4 Å². The third-order valence-corrected chi connectivity index (χ3v) is 6.98. The van der Waals surface area contributed by atoms with Crippen molar-refractivity contribution in [2.75, 3.05) is 46.4 Å². The molecule has 0 radical (unpaired) electrons. The van der Waals surface area contributed by atoms with E-state index >= 15 is 0 Å². The fourth-order valence-electron chi connectivity index (χ4n) is 5.24. The first-order valence-corrected chi connectivity index (χ1v) is 11.8. The number of rotatable bonds is 5. The Labute approximate surface area is 199 Å². The molecule has 2 heterocycles. The van der Waals surface area contributed by atoms with Gasteiger partial charge >= 0.3 is 6.09 Å². The van der Waals surface area contributed by atoms with E-state index in [2.05, 4.69) is 20.5 Å². The number of halogens is 1. The van der Waals surface area contributed by atoms with Crippen molar-refractivity contribution in [3.05, 3.63) is 0 Å². The topological polar surface area (TPSA) is 69.2 Å². The first-order chi connectivity index (χ1) is 14.2. The van der Waals surface area contributed by atoms with Crippen molar-refractivity contribution in [1.82, 2.24) is 20.4 Å². The molecule has 3 rings (SSSR count). The largest absolute Gasteiger partial charge is 0.450 e. The van der Waals surface area contributed by atoms with Gasteiger partial charge in [0, 0.05) is 38.3 Å². The molecule has 0 aromatic rings. The van der Waals surface area contributed by atoms with Gasteiger partial charge in [0.05, 0.1) is 6.61 Å². The summed E-state index contributed by atoms with van der Waals surface area (Å²) in [7, 11) is 1.86. The van der Waals surface area contributed by atoms with Gasteiger partial charge in [-0.05, 0) is 58.5 Å². The average Bonchev–Trinajstić information content (AvgIpc) is 2.78. The number of hydrogen-bond acceptors (Lipinski definition) is 4. The maximum Gasteiger partial charge on any atom is 0.409 e. The zero-order valence-electron chi connectivity index (χ0n) is 19.0. The molecule has 8 heteroatoms. The van der Waals surface area contributed by atoms with Crippen LogP contribution in [0.4, 0.5) is 4.79 Å². The minimum Gasteiger partial charge on any atom is -0.450 e. The minimum atomic E-state index is -0.186. The molecule has 1 amide bonds. The van der Waals surface area contributed by atoms with Crippen molar-refractivity contribution >= 4 is 36.0 Å². The molecule has 0 aromatic heterocycles. The molecule has 0 aromatic carbocycles. The molecule has 3 fully saturated rings. The van der Waals surface area contributed by atoms with Crippen LogP contribution in [0.15, 0.2) is 4.99 Å². The predicted octanol–water partition coefficient (Wildman–Crippen LogP) is 3.58. The van der Waals surface area contributed by atoms with Gasteiger partial charge in [-0.15, -0.1) is 24.0 Å². The molecule has 0 atom stereocenters. The number of piperidine rings is 2. The van der Waals surface area contributed by atoms with Crippen LogP contribution >= 0.6 is 24.0 Å². The lowest BCUT2D eigenvalue weighted by molar-refractivity contribution is 0.0367. The third kappa shape index (κ3) is 6.87. The van der Waals surface area contributed by atoms with Crippen LogP contribution in [0.5, 0.6) is 0 Å². The summed E-state index contributed by atoms with van der Waals surface area (Å²) in [4.78, 5) is 21.0. The summed E-state index contributed by atoms with van der Waals surface area (Å²) in [5.41, 5.74) is 0.295. The predicted molar refractivity (Wildman–Crippen MR) is 133 cm³/mol. The van der Waals surface area contributed by atoms with Crippen LogP contribution in [-0.4, -0.2) is 79.8 Å². The van der Waals surface area contributed by atoms with Gasteiger partial charge in [0.2, 0.25) is 0 Å². The molecule has 30 heavy (non-hydrogen) atoms. The second-order valence-electron chi connectivity index (χ2n) is 8.86. The lowest BCUT2D eigenvalue weighted by Gasteiger charge is -2.48. The van der Waals surface area contributed by atoms with Crippen LogP contribution in [0.3, 0.4) is 0 Å². The van der Waals surface area contributed by atoms with Crippen molar-refractivity contribution in [3.63, 3.8) is 0 Å². The Bertz CT molecular complexity index is 540. The van der Waals surface area contributed by atoms with E-state index in [4.69, 9.17) is 4.74 Å². The van der Waals surface area contributed by atoms with E-state index in [-0.39, 0.29) is 30.1 Å². The number of hydrogen-bond donors (Lipinski definition) is 2. The van der Waals surface area contributed by atoms with Gasteiger partial charge in [0.1, 0.15) is 0 Å². The average molecular weight is 536 g/mol. The van der Waals surface area contributed by atoms with Crippen molar-refractivity contribution in [2.24, 2.45) is 4.99 Å². The summed E-state index contributed by atoms with van der Waals surface area (Å²) >= 11 is 0. The number of ether oxygens (including phenoxy) is 1. The van der Waals surface area contributed by atoms with Gasteiger partial charge in [0.25, 0.3) is 0 Å². The van der Waals surface area contributed by atoms with Gasteiger partial charge in [-0.1, -0.05) is 25.7 Å². The van der Waals surface area contributed by atoms with E-state index in [1.165, 1.54) is 64.5 Å². The molecule has 2 N–H and O–H groups in total. The highest BCUT2D eigenvalue weighted by molar-refractivity contribution is 14.0. The number of likely N-dealkylation sites (tertiary alicyclic amines) is 2. The zero-order valence-corrected chi connectivity index (χ0v) is 21.3. The van der Waals surface area contributed by atoms with Crippen LogP contribution in [0.1, 0.15) is 71.1 Å². The fraction of sp³-hybridized carbons (Fsp3) is 0.909. The number of carbonyl (C=O) groups excluding carboxylic acids is 1. The van der Waals surface area contributed by atoms with Crippen molar-refractivity contribution in [2.45, 2.75) is 82.7 Å². The Hall–Kier alpha value is -0.770. The first kappa shape index (κ1) is 25.5. The van der Waals surface area contributed by atoms with Gasteiger partial charge < -0.3 is 20.3 Å². The van der Waals surface area contributed by atoms with Crippen molar-refractivity contribution < 1.29 is 9.53 Å². The molecule has 2 aliphatic heterocycles. The van der Waals surface area contributed by atoms with Crippen LogP contribution in [0.2, 0.25) is 0 Å². The van der Waals surface area contributed by atoms with Gasteiger partial charge in [-0.3, -0.25) is 9.89 Å². The summed E-state index contributed by atoms with van der Waals surface area (Å²) in [5, 5.41) is 7.27. The maximum atomic E-state index is 11.9. The molecule has 0 spiro atoms. The second-order valence-corrected chi connectivity index (χ2v) is 8.86. The van der Waals surface area contributed by atoms with E-state index in [9.17, 15) is 4.79 Å². The highest BCUT2D eigenvalue weighted by Crippen LogP contribution is 2.35. The number of nitrogens with zero attached hydrogens (tertiary/aromatic N) is 3. The molecule has 174 valence electrons. The van der Waals surface area contributed by atoms with Crippen LogP contribution < -0.4 is 10.6 Å². The molecule has 1 aliphatic carbocycles. The van der Waals surface area contributed by atoms with Crippen molar-refractivity contribution in [1.29, 1.82) is 0 Å². The third-order valence-electron chi connectivity index (χ3n) is 6.98. The Morgan fingerprint density at radius 3 is 2.27 bits per heavy atom. The molecule has 3 aliphatic rings. The molecule has 0 unspecified atom stereocenters. The van der Waals surface area contributed by atoms with Crippen molar-refractivity contribution in [3.8, 4) is 0 Å². The Balaban J connectivity index is 0.00000320. The Morgan fingerprint density at radius 1 is 1.03 bits per heavy atom. The van der Waals surface area contributed by atoms with E-state index in [1.807, 2.05) is 18.9 Å². The van der Waals surface area contributed by atoms with Crippen LogP contribution in [-0.2, 0) is 4.74 Å². The van der Waals surface area contributed by atoms with E-state index in [0.29, 0.717) is 18.2 Å². The quantitative estimate of drug-likeness (QED) is 0.320. The Kier molecular flexibility index (Phi) is 11.0. The highest BCUT2D eigenvalue weighted by atomic mass is 127. The van der Waals surface area contributed by atoms with Gasteiger partial charge in [0.15, 0.2) is 5.96 Å². The smallest absolute Gasteiger partial charge is 0.409 e. The summed E-state index contributed by atoms with van der Waals surface area (Å²) in [6, 6.07) is 0.351. The normalized spacial score (nSPS) is 23.4. The summed E-state index contributed by atoms with van der Waals surface area (Å²) < 4.78 is 5.12. The minimum absolute atomic E-state index is 0. The molecule has 1 saturated carbocycles. The standard InChI is InChI=1S/C22H41N5O2.HI/c1-3-29-21(28)26-16-10-19(11-17-26)25-20(23-2)24-18-22(12-6-4-7-13-22)27-14-8-5-9-15-27;/h19H,3-18H2,1-2H3,(H2,23,24,25);1H. The summed E-state index contributed by atoms with van der Waals surface area (Å²) in [5.74, 6) is 0.904. The number of aliphatic imine (C=N–C) groups is 1. The first-order valence-electron chi connectivity index (χ1n) is 11.8. The number of amides is 1. The molecule has 7 nitrogen and oxygen atoms in total. The van der Waals surface area contributed by atoms with Gasteiger partial charge in [-0.25, -0.2) is 4.79 Å². The lowest BCUT2D eigenvalue weighted by atomic mass is 9.79. The summed E-state index contributed by atoms with van der Waals surface area (Å²) in [6.07, 6.45) is 12.4. The van der Waals surface area contributed by atoms with Crippen LogP contribution in [0.25, 0.3) is 0 Å². The number of carbonyl (C=O) groups is 1. The Morgan fingerprint density at radius 2 is 1.67 bits per heavy atom. The van der Waals surface area contributed by atoms with E-state index < -0.39 is 0 Å². The second kappa shape index (κ2) is 12.9. The highest BCUT2D eigenvalue weighted by Gasteiger charge is 2.38. The zero-order chi connectivity index (χ0) is 20.5. The molecular weight excluding hydrogens is 493 g/mol. The fourth-order valence-corrected chi connectivity index (χ4v) is 5.24. The molecular formula is C22H42IN5O2.